The zero-order valence-corrected chi connectivity index (χ0v) is 2.23. The van der Waals surface area contributed by atoms with Crippen LogP contribution in [0.25, 0.3) is 0 Å². The van der Waals surface area contributed by atoms with Crippen molar-refractivity contribution in [2.24, 2.45) is 5.73 Å². The Hall–Kier alpha value is -0.0800. The zero-order chi connectivity index (χ0) is 5.21. The first-order valence-corrected chi connectivity index (χ1v) is 0.985. The SMILES string of the molecule is [3H]C([3H])(O)CN. The molecular weight excluding hydrogens is 54.0 g/mol. The Bertz CT molecular complexity index is 41.3. The van der Waals surface area contributed by atoms with Gasteiger partial charge < -0.3 is 10.8 Å². The highest BCUT2D eigenvalue weighted by atomic mass is 16.3. The van der Waals surface area contributed by atoms with E-state index in [-0.39, 0.29) is 6.54 Å². The molecule has 0 atom stereocenters. The first kappa shape index (κ1) is 1.38. The van der Waals surface area contributed by atoms with Crippen LogP contribution in [0.15, 0.2) is 0 Å². The van der Waals surface area contributed by atoms with E-state index in [0.717, 1.165) is 0 Å². The van der Waals surface area contributed by atoms with Crippen molar-refractivity contribution in [3.63, 3.8) is 0 Å². The molecule has 0 spiro atoms. The summed E-state index contributed by atoms with van der Waals surface area (Å²) in [5.41, 5.74) is 4.68. The van der Waals surface area contributed by atoms with Gasteiger partial charge in [-0.15, -0.1) is 0 Å². The first-order chi connectivity index (χ1) is 2.56. The number of hydrogen-bond acceptors (Lipinski definition) is 2. The van der Waals surface area contributed by atoms with Gasteiger partial charge in [-0.25, -0.2) is 0 Å². The third-order valence-corrected chi connectivity index (χ3v) is 0.0913. The fourth-order valence-electron chi connectivity index (χ4n) is 0. The number of hydrogen-bond donors (Lipinski definition) is 2. The summed E-state index contributed by atoms with van der Waals surface area (Å²) < 4.78 is 12.6. The lowest BCUT2D eigenvalue weighted by atomic mass is 10.8. The van der Waals surface area contributed by atoms with Crippen molar-refractivity contribution in [2.45, 2.75) is 0 Å². The van der Waals surface area contributed by atoms with Gasteiger partial charge in [0.1, 0.15) is 0 Å². The van der Waals surface area contributed by atoms with E-state index >= 15 is 0 Å². The highest BCUT2D eigenvalue weighted by Crippen LogP contribution is 1.33. The van der Waals surface area contributed by atoms with E-state index in [4.69, 9.17) is 7.85 Å². The maximum Gasteiger partial charge on any atom is 0.0577 e. The quantitative estimate of drug-likeness (QED) is 0.409. The Labute approximate surface area is 28.0 Å². The molecule has 0 rings (SSSR count). The molecule has 0 amide bonds. The average Bonchev–Trinajstić information content (AvgIpc) is 1.35. The van der Waals surface area contributed by atoms with Gasteiger partial charge >= 0.3 is 0 Å². The molecule has 0 heterocycles. The Kier molecular flexibility index (Phi) is 1.01. The van der Waals surface area contributed by atoms with Gasteiger partial charge in [0.15, 0.2) is 0 Å². The molecule has 0 saturated heterocycles. The maximum absolute atomic E-state index is 8.03. The molecule has 0 aliphatic heterocycles. The average molecular weight is 65.1 g/mol. The molecule has 0 aliphatic rings. The molecule has 0 aromatic heterocycles. The smallest absolute Gasteiger partial charge is 0.0577 e. The fraction of sp³-hybridized carbons (Fsp3) is 1.00. The minimum Gasteiger partial charge on any atom is -0.395 e. The van der Waals surface area contributed by atoms with Gasteiger partial charge in [-0.2, -0.15) is 0 Å². The summed E-state index contributed by atoms with van der Waals surface area (Å²) in [6.07, 6.45) is 0. The van der Waals surface area contributed by atoms with Gasteiger partial charge in [0.25, 0.3) is 0 Å². The molecule has 0 unspecified atom stereocenters. The lowest BCUT2D eigenvalue weighted by Gasteiger charge is -1.71. The molecular formula is C2H7NO. The van der Waals surface area contributed by atoms with Crippen LogP contribution in [0.1, 0.15) is 2.74 Å². The van der Waals surface area contributed by atoms with Crippen molar-refractivity contribution in [3.8, 4) is 0 Å². The van der Waals surface area contributed by atoms with Crippen molar-refractivity contribution in [1.82, 2.24) is 0 Å². The number of nitrogens with two attached hydrogens (primary N) is 1. The summed E-state index contributed by atoms with van der Waals surface area (Å²) in [6, 6.07) is 0. The van der Waals surface area contributed by atoms with E-state index in [1.54, 1.807) is 0 Å². The van der Waals surface area contributed by atoms with Gasteiger partial charge in [-0.05, 0) is 0 Å². The maximum atomic E-state index is 8.03. The predicted octanol–water partition coefficient (Wildman–Crippen LogP) is -1.06. The topological polar surface area (TPSA) is 46.2 Å². The standard InChI is InChI=1S/C2H7NO/c3-1-2-4/h4H,1-3H2/i2T2. The predicted molar refractivity (Wildman–Crippen MR) is 16.1 cm³/mol. The Morgan fingerprint density at radius 2 is 2.50 bits per heavy atom. The number of aliphatic hydroxyl groups is 1. The van der Waals surface area contributed by atoms with Crippen LogP contribution in [0.5, 0.6) is 0 Å². The van der Waals surface area contributed by atoms with Gasteiger partial charge in [0.2, 0.25) is 0 Å². The molecule has 0 aromatic carbocycles. The van der Waals surface area contributed by atoms with E-state index in [2.05, 4.69) is 5.73 Å². The van der Waals surface area contributed by atoms with Crippen molar-refractivity contribution in [1.29, 1.82) is 0 Å². The van der Waals surface area contributed by atoms with Crippen LogP contribution in [-0.2, 0) is 0 Å². The zero-order valence-electron chi connectivity index (χ0n) is 4.23. The van der Waals surface area contributed by atoms with E-state index in [1.165, 1.54) is 0 Å². The molecule has 0 saturated carbocycles. The Morgan fingerprint density at radius 3 is 2.50 bits per heavy atom. The summed E-state index contributed by atoms with van der Waals surface area (Å²) in [5.74, 6) is 0. The lowest BCUT2D eigenvalue weighted by Crippen LogP contribution is -2.02. The Morgan fingerprint density at radius 1 is 2.25 bits per heavy atom. The van der Waals surface area contributed by atoms with Gasteiger partial charge in [0.05, 0.1) is 9.30 Å². The molecule has 2 nitrogen and oxygen atoms in total. The number of rotatable bonds is 1. The van der Waals surface area contributed by atoms with Crippen molar-refractivity contribution >= 4 is 0 Å². The van der Waals surface area contributed by atoms with Gasteiger partial charge in [0, 0.05) is 6.54 Å². The second kappa shape index (κ2) is 2.92. The first-order valence-electron chi connectivity index (χ1n) is 1.99. The monoisotopic (exact) mass is 65.1 g/mol. The summed E-state index contributed by atoms with van der Waals surface area (Å²) in [5, 5.41) is 8.03. The molecule has 0 aromatic rings. The highest BCUT2D eigenvalue weighted by Gasteiger charge is 1.56. The molecule has 0 radical (unpaired) electrons. The van der Waals surface area contributed by atoms with Crippen molar-refractivity contribution in [2.75, 3.05) is 13.1 Å². The van der Waals surface area contributed by atoms with Gasteiger partial charge in [-0.1, -0.05) is 0 Å². The van der Waals surface area contributed by atoms with Crippen LogP contribution in [-0.4, -0.2) is 18.2 Å². The van der Waals surface area contributed by atoms with E-state index in [0.29, 0.717) is 0 Å². The third kappa shape index (κ3) is 1.92. The molecule has 4 heavy (non-hydrogen) atoms. The van der Waals surface area contributed by atoms with Crippen molar-refractivity contribution < 1.29 is 7.85 Å². The van der Waals surface area contributed by atoms with Crippen LogP contribution in [0.4, 0.5) is 0 Å². The fourth-order valence-corrected chi connectivity index (χ4v) is 0. The summed E-state index contributed by atoms with van der Waals surface area (Å²) in [6.45, 7) is -2.52. The summed E-state index contributed by atoms with van der Waals surface area (Å²) in [7, 11) is 0. The van der Waals surface area contributed by atoms with Crippen LogP contribution >= 0.6 is 0 Å². The van der Waals surface area contributed by atoms with E-state index < -0.39 is 6.56 Å². The van der Waals surface area contributed by atoms with Crippen molar-refractivity contribution in [3.05, 3.63) is 0 Å². The normalized spacial score (nSPS) is 18.5. The van der Waals surface area contributed by atoms with Gasteiger partial charge in [-0.3, -0.25) is 0 Å². The van der Waals surface area contributed by atoms with E-state index in [9.17, 15) is 0 Å². The molecule has 0 aliphatic carbocycles. The Balaban J connectivity index is 3.17. The molecule has 0 bridgehead atoms. The van der Waals surface area contributed by atoms with Crippen LogP contribution in [0, 0.1) is 0 Å². The summed E-state index contributed by atoms with van der Waals surface area (Å²) >= 11 is 0. The third-order valence-electron chi connectivity index (χ3n) is 0.0913. The minimum atomic E-state index is -2.18. The molecule has 3 N–H and O–H groups in total. The molecule has 26 valence electrons. The minimum absolute atomic E-state index is 0.340. The lowest BCUT2D eigenvalue weighted by molar-refractivity contribution is 0.306. The summed E-state index contributed by atoms with van der Waals surface area (Å²) in [4.78, 5) is 0. The largest absolute Gasteiger partial charge is 0.395 e. The second-order valence-electron chi connectivity index (χ2n) is 0.362. The van der Waals surface area contributed by atoms with Crippen LogP contribution in [0.3, 0.4) is 0 Å². The second-order valence-corrected chi connectivity index (χ2v) is 0.362. The van der Waals surface area contributed by atoms with Crippen LogP contribution < -0.4 is 5.73 Å². The highest BCUT2D eigenvalue weighted by molar-refractivity contribution is 4.17. The van der Waals surface area contributed by atoms with Crippen LogP contribution in [0.2, 0.25) is 0 Å². The van der Waals surface area contributed by atoms with E-state index in [1.807, 2.05) is 0 Å². The molecule has 2 heteroatoms. The molecule has 0 fully saturated rings.